The van der Waals surface area contributed by atoms with Crippen LogP contribution in [0.5, 0.6) is 0 Å². The van der Waals surface area contributed by atoms with Gasteiger partial charge in [0.15, 0.2) is 17.3 Å². The predicted octanol–water partition coefficient (Wildman–Crippen LogP) is 0.819. The summed E-state index contributed by atoms with van der Waals surface area (Å²) in [5, 5.41) is 15.6. The van der Waals surface area contributed by atoms with Crippen LogP contribution in [0.25, 0.3) is 22.7 Å². The van der Waals surface area contributed by atoms with Gasteiger partial charge in [0.1, 0.15) is 0 Å². The van der Waals surface area contributed by atoms with Crippen molar-refractivity contribution in [1.29, 1.82) is 0 Å². The number of nitrogens with one attached hydrogen (secondary N) is 1. The molecule has 1 aliphatic rings. The second-order valence-corrected chi connectivity index (χ2v) is 7.64. The van der Waals surface area contributed by atoms with Crippen molar-refractivity contribution in [2.24, 2.45) is 0 Å². The van der Waals surface area contributed by atoms with E-state index in [-0.39, 0.29) is 5.56 Å². The number of aromatic nitrogens is 8. The van der Waals surface area contributed by atoms with Gasteiger partial charge in [-0.1, -0.05) is 6.92 Å². The Labute approximate surface area is 178 Å². The van der Waals surface area contributed by atoms with Crippen molar-refractivity contribution < 1.29 is 0 Å². The largest absolute Gasteiger partial charge is 0.338 e. The number of rotatable bonds is 4. The average Bonchev–Trinajstić information content (AvgIpc) is 3.36. The van der Waals surface area contributed by atoms with Crippen LogP contribution in [0, 0.1) is 13.8 Å². The molecular weight excluding hydrogens is 396 g/mol. The molecule has 160 valence electrons. The number of hydrogen-bond acceptors (Lipinski definition) is 8. The molecule has 0 aromatic carbocycles. The molecule has 0 amide bonds. The Morgan fingerprint density at radius 1 is 1.10 bits per heavy atom. The van der Waals surface area contributed by atoms with E-state index >= 15 is 0 Å². The summed E-state index contributed by atoms with van der Waals surface area (Å²) in [6.45, 7) is 10.8. The normalized spacial score (nSPS) is 15.1. The quantitative estimate of drug-likeness (QED) is 0.516. The minimum absolute atomic E-state index is 0.216. The van der Waals surface area contributed by atoms with Gasteiger partial charge in [0.2, 0.25) is 5.95 Å². The molecule has 11 heteroatoms. The Kier molecular flexibility index (Phi) is 4.74. The van der Waals surface area contributed by atoms with Gasteiger partial charge < -0.3 is 9.80 Å². The summed E-state index contributed by atoms with van der Waals surface area (Å²) < 4.78 is 3.00. The predicted molar refractivity (Wildman–Crippen MR) is 116 cm³/mol. The second kappa shape index (κ2) is 7.58. The van der Waals surface area contributed by atoms with Crippen LogP contribution in [-0.2, 0) is 0 Å². The van der Waals surface area contributed by atoms with Gasteiger partial charge in [0.05, 0.1) is 11.4 Å². The third kappa shape index (κ3) is 3.46. The molecule has 1 aliphatic heterocycles. The van der Waals surface area contributed by atoms with E-state index in [4.69, 9.17) is 4.98 Å². The lowest BCUT2D eigenvalue weighted by molar-refractivity contribution is 0.270. The van der Waals surface area contributed by atoms with Gasteiger partial charge in [-0.25, -0.2) is 9.97 Å². The Morgan fingerprint density at radius 2 is 1.90 bits per heavy atom. The summed E-state index contributed by atoms with van der Waals surface area (Å²) in [4.78, 5) is 26.6. The summed E-state index contributed by atoms with van der Waals surface area (Å²) in [5.41, 5.74) is 2.65. The fraction of sp³-hybridized carbons (Fsp3) is 0.400. The molecular formula is C20H24N10O. The van der Waals surface area contributed by atoms with Crippen molar-refractivity contribution in [3.63, 3.8) is 0 Å². The highest BCUT2D eigenvalue weighted by Crippen LogP contribution is 2.21. The number of likely N-dealkylation sites (N-methyl/N-ethyl adjacent to an activating group) is 1. The maximum Gasteiger partial charge on any atom is 0.273 e. The van der Waals surface area contributed by atoms with E-state index in [1.807, 2.05) is 13.8 Å². The standard InChI is InChI=1S/C20H24N10O/c1-4-27-7-9-28(10-8-27)20-21-12-15(13(2)22-20)16-11-19(31)30(25-16)18-6-5-17-24-23-14(3)29(17)26-18/h5-6,11-12,25H,4,7-10H2,1-3H3. The zero-order chi connectivity index (χ0) is 21.5. The van der Waals surface area contributed by atoms with Crippen LogP contribution in [-0.4, -0.2) is 77.2 Å². The first-order valence-corrected chi connectivity index (χ1v) is 10.4. The molecule has 0 radical (unpaired) electrons. The van der Waals surface area contributed by atoms with Crippen molar-refractivity contribution in [2.75, 3.05) is 37.6 Å². The molecule has 1 fully saturated rings. The van der Waals surface area contributed by atoms with Crippen LogP contribution < -0.4 is 10.5 Å². The minimum Gasteiger partial charge on any atom is -0.338 e. The number of hydrogen-bond donors (Lipinski definition) is 1. The number of piperazine rings is 1. The Hall–Kier alpha value is -3.60. The Morgan fingerprint density at radius 3 is 2.65 bits per heavy atom. The Balaban J connectivity index is 1.44. The average molecular weight is 420 g/mol. The molecule has 31 heavy (non-hydrogen) atoms. The highest BCUT2D eigenvalue weighted by atomic mass is 16.1. The number of aryl methyl sites for hydroxylation is 2. The van der Waals surface area contributed by atoms with E-state index in [0.717, 1.165) is 49.9 Å². The van der Waals surface area contributed by atoms with E-state index in [2.05, 4.69) is 42.1 Å². The van der Waals surface area contributed by atoms with Crippen molar-refractivity contribution in [1.82, 2.24) is 44.5 Å². The molecule has 0 bridgehead atoms. The number of anilines is 1. The first-order valence-electron chi connectivity index (χ1n) is 10.4. The first-order chi connectivity index (χ1) is 15.0. The molecule has 4 aromatic heterocycles. The number of aromatic amines is 1. The molecule has 0 unspecified atom stereocenters. The Bertz CT molecular complexity index is 1300. The topological polar surface area (TPSA) is 113 Å². The molecule has 0 spiro atoms. The SMILES string of the molecule is CCN1CCN(c2ncc(-c3cc(=O)n(-c4ccc5nnc(C)n5n4)[nH]3)c(C)n2)CC1. The molecule has 1 N–H and O–H groups in total. The van der Waals surface area contributed by atoms with Crippen molar-refractivity contribution in [3.05, 3.63) is 46.3 Å². The highest BCUT2D eigenvalue weighted by Gasteiger charge is 2.19. The van der Waals surface area contributed by atoms with Crippen LogP contribution in [0.3, 0.4) is 0 Å². The third-order valence-electron chi connectivity index (χ3n) is 5.71. The number of nitrogens with zero attached hydrogens (tertiary/aromatic N) is 9. The smallest absolute Gasteiger partial charge is 0.273 e. The van der Waals surface area contributed by atoms with Gasteiger partial charge in [-0.15, -0.1) is 15.3 Å². The maximum absolute atomic E-state index is 12.7. The lowest BCUT2D eigenvalue weighted by Crippen LogP contribution is -2.46. The summed E-state index contributed by atoms with van der Waals surface area (Å²) in [7, 11) is 0. The third-order valence-corrected chi connectivity index (χ3v) is 5.71. The molecule has 4 aromatic rings. The van der Waals surface area contributed by atoms with Crippen LogP contribution in [0.15, 0.2) is 29.2 Å². The second-order valence-electron chi connectivity index (χ2n) is 7.64. The van der Waals surface area contributed by atoms with E-state index < -0.39 is 0 Å². The van der Waals surface area contributed by atoms with E-state index in [1.165, 1.54) is 10.7 Å². The van der Waals surface area contributed by atoms with Crippen molar-refractivity contribution in [2.45, 2.75) is 20.8 Å². The molecule has 0 aliphatic carbocycles. The van der Waals surface area contributed by atoms with Crippen LogP contribution in [0.2, 0.25) is 0 Å². The van der Waals surface area contributed by atoms with Crippen molar-refractivity contribution >= 4 is 11.6 Å². The van der Waals surface area contributed by atoms with Gasteiger partial charge in [-0.2, -0.15) is 9.20 Å². The van der Waals surface area contributed by atoms with Gasteiger partial charge >= 0.3 is 0 Å². The van der Waals surface area contributed by atoms with Crippen LogP contribution >= 0.6 is 0 Å². The summed E-state index contributed by atoms with van der Waals surface area (Å²) in [6.07, 6.45) is 1.78. The molecule has 11 nitrogen and oxygen atoms in total. The minimum atomic E-state index is -0.216. The maximum atomic E-state index is 12.7. The summed E-state index contributed by atoms with van der Waals surface area (Å²) >= 11 is 0. The van der Waals surface area contributed by atoms with Gasteiger partial charge in [-0.3, -0.25) is 9.89 Å². The van der Waals surface area contributed by atoms with E-state index in [0.29, 0.717) is 23.0 Å². The number of H-pyrrole nitrogens is 1. The van der Waals surface area contributed by atoms with Gasteiger partial charge in [0.25, 0.3) is 5.56 Å². The molecule has 1 saturated heterocycles. The summed E-state index contributed by atoms with van der Waals surface area (Å²) in [5.74, 6) is 1.83. The van der Waals surface area contributed by atoms with E-state index in [9.17, 15) is 4.79 Å². The van der Waals surface area contributed by atoms with Crippen molar-refractivity contribution in [3.8, 4) is 17.1 Å². The lowest BCUT2D eigenvalue weighted by atomic mass is 10.2. The van der Waals surface area contributed by atoms with Gasteiger partial charge in [0, 0.05) is 44.0 Å². The zero-order valence-corrected chi connectivity index (χ0v) is 17.8. The zero-order valence-electron chi connectivity index (χ0n) is 17.8. The van der Waals surface area contributed by atoms with E-state index in [1.54, 1.807) is 22.8 Å². The molecule has 5 heterocycles. The lowest BCUT2D eigenvalue weighted by Gasteiger charge is -2.34. The highest BCUT2D eigenvalue weighted by molar-refractivity contribution is 5.61. The first kappa shape index (κ1) is 19.4. The monoisotopic (exact) mass is 420 g/mol. The summed E-state index contributed by atoms with van der Waals surface area (Å²) in [6, 6.07) is 5.04. The molecule has 0 atom stereocenters. The fourth-order valence-electron chi connectivity index (χ4n) is 3.85. The fourth-order valence-corrected chi connectivity index (χ4v) is 3.85. The van der Waals surface area contributed by atoms with Crippen LogP contribution in [0.4, 0.5) is 5.95 Å². The van der Waals surface area contributed by atoms with Gasteiger partial charge in [-0.05, 0) is 32.5 Å². The molecule has 5 rings (SSSR count). The molecule has 0 saturated carbocycles. The number of fused-ring (bicyclic) bond motifs is 1. The van der Waals surface area contributed by atoms with Crippen LogP contribution in [0.1, 0.15) is 18.4 Å².